The summed E-state index contributed by atoms with van der Waals surface area (Å²) in [7, 11) is 0. The first-order chi connectivity index (χ1) is 19.4. The van der Waals surface area contributed by atoms with Crippen LogP contribution in [0.25, 0.3) is 11.3 Å². The molecule has 1 aliphatic rings. The first kappa shape index (κ1) is 27.8. The first-order valence-electron chi connectivity index (χ1n) is 12.9. The van der Waals surface area contributed by atoms with Crippen LogP contribution in [0.3, 0.4) is 0 Å². The summed E-state index contributed by atoms with van der Waals surface area (Å²) in [5, 5.41) is 11.7. The third-order valence-electron chi connectivity index (χ3n) is 7.08. The first-order valence-corrected chi connectivity index (χ1v) is 13.9. The summed E-state index contributed by atoms with van der Waals surface area (Å²) in [5.74, 6) is -0.121. The quantitative estimate of drug-likeness (QED) is 0.158. The van der Waals surface area contributed by atoms with Crippen LogP contribution in [0.5, 0.6) is 5.75 Å². The molecule has 1 fully saturated rings. The van der Waals surface area contributed by atoms with Crippen molar-refractivity contribution < 1.29 is 23.8 Å². The standard InChI is InChI=1S/C30H28FIN4O4/c1-18(19-5-3-2-4-6-19)24(28-33-16-26(34-28)23-12-9-21(32)15-25(23)31)17-36-29(38)27(35-30(36)39)20-7-10-22(11-8-20)40-14-13-37/h2-12,15-16,18,24,27,37H,13-14,17H2,1H3,(H,33,34)(H,35,39)/t18-,24?,27+/m0/s1. The summed E-state index contributed by atoms with van der Waals surface area (Å²) in [6.45, 7) is 2.16. The Morgan fingerprint density at radius 2 is 1.85 bits per heavy atom. The number of imide groups is 1. The normalized spacial score (nSPS) is 16.6. The van der Waals surface area contributed by atoms with Gasteiger partial charge in [0.05, 0.1) is 18.5 Å². The second-order valence-corrected chi connectivity index (χ2v) is 10.8. The van der Waals surface area contributed by atoms with Crippen molar-refractivity contribution in [3.05, 3.63) is 105 Å². The van der Waals surface area contributed by atoms with Gasteiger partial charge in [0.2, 0.25) is 0 Å². The molecule has 0 saturated carbocycles. The highest BCUT2D eigenvalue weighted by Gasteiger charge is 2.41. The number of imidazole rings is 1. The average Bonchev–Trinajstić information content (AvgIpc) is 3.55. The number of aromatic amines is 1. The SMILES string of the molecule is C[C@@H](c1ccccc1)C(CN1C(=O)N[C@H](c2ccc(OCCO)cc2)C1=O)c1ncc(-c2ccc(I)cc2F)[nH]1. The molecule has 4 aromatic rings. The number of rotatable bonds is 10. The van der Waals surface area contributed by atoms with Crippen molar-refractivity contribution in [3.63, 3.8) is 0 Å². The number of benzene rings is 3. The number of carbonyl (C=O) groups excluding carboxylic acids is 2. The third kappa shape index (κ3) is 5.87. The van der Waals surface area contributed by atoms with Gasteiger partial charge in [-0.2, -0.15) is 0 Å². The molecule has 8 nitrogen and oxygen atoms in total. The molecule has 10 heteroatoms. The van der Waals surface area contributed by atoms with Gasteiger partial charge in [0.1, 0.15) is 30.0 Å². The monoisotopic (exact) mass is 654 g/mol. The predicted molar refractivity (Wildman–Crippen MR) is 156 cm³/mol. The number of nitrogens with one attached hydrogen (secondary N) is 2. The Balaban J connectivity index is 1.42. The molecule has 0 aliphatic carbocycles. The fourth-order valence-corrected chi connectivity index (χ4v) is 5.33. The molecule has 206 valence electrons. The number of aliphatic hydroxyl groups is 1. The summed E-state index contributed by atoms with van der Waals surface area (Å²) in [6.07, 6.45) is 1.58. The molecule has 1 aliphatic heterocycles. The number of nitrogens with zero attached hydrogens (tertiary/aromatic N) is 2. The molecule has 3 aromatic carbocycles. The number of urea groups is 1. The van der Waals surface area contributed by atoms with Crippen LogP contribution in [0.15, 0.2) is 79.0 Å². The van der Waals surface area contributed by atoms with Crippen LogP contribution < -0.4 is 10.1 Å². The Morgan fingerprint density at radius 3 is 2.55 bits per heavy atom. The highest BCUT2D eigenvalue weighted by molar-refractivity contribution is 14.1. The van der Waals surface area contributed by atoms with Gasteiger partial charge in [-0.05, 0) is 70.0 Å². The number of aliphatic hydroxyl groups excluding tert-OH is 1. The Labute approximate surface area is 244 Å². The molecule has 0 radical (unpaired) electrons. The van der Waals surface area contributed by atoms with Gasteiger partial charge in [-0.3, -0.25) is 9.69 Å². The van der Waals surface area contributed by atoms with E-state index in [4.69, 9.17) is 9.84 Å². The van der Waals surface area contributed by atoms with Gasteiger partial charge >= 0.3 is 6.03 Å². The number of aromatic nitrogens is 2. The summed E-state index contributed by atoms with van der Waals surface area (Å²) in [6, 6.07) is 20.3. The minimum Gasteiger partial charge on any atom is -0.491 e. The molecule has 2 heterocycles. The predicted octanol–water partition coefficient (Wildman–Crippen LogP) is 5.37. The Kier molecular flexibility index (Phi) is 8.46. The fourth-order valence-electron chi connectivity index (χ4n) is 4.87. The minimum atomic E-state index is -0.833. The van der Waals surface area contributed by atoms with Crippen LogP contribution in [0, 0.1) is 9.39 Å². The molecule has 3 N–H and O–H groups in total. The second kappa shape index (κ2) is 12.2. The fraction of sp³-hybridized carbons (Fsp3) is 0.233. The van der Waals surface area contributed by atoms with E-state index in [0.717, 1.165) is 9.13 Å². The zero-order valence-corrected chi connectivity index (χ0v) is 23.8. The van der Waals surface area contributed by atoms with Crippen molar-refractivity contribution >= 4 is 34.5 Å². The van der Waals surface area contributed by atoms with Crippen LogP contribution in [0.2, 0.25) is 0 Å². The lowest BCUT2D eigenvalue weighted by atomic mass is 9.86. The molecule has 5 rings (SSSR count). The Morgan fingerprint density at radius 1 is 1.10 bits per heavy atom. The van der Waals surface area contributed by atoms with E-state index in [1.807, 2.05) is 43.3 Å². The number of hydrogen-bond donors (Lipinski definition) is 3. The van der Waals surface area contributed by atoms with E-state index in [-0.39, 0.29) is 43.3 Å². The van der Waals surface area contributed by atoms with Gasteiger partial charge in [0, 0.05) is 21.6 Å². The molecule has 1 saturated heterocycles. The van der Waals surface area contributed by atoms with E-state index in [1.54, 1.807) is 36.5 Å². The lowest BCUT2D eigenvalue weighted by Crippen LogP contribution is -2.36. The Hall–Kier alpha value is -3.77. The summed E-state index contributed by atoms with van der Waals surface area (Å²) >= 11 is 2.06. The molecular formula is C30H28FIN4O4. The minimum absolute atomic E-state index is 0.0804. The number of H-pyrrole nitrogens is 1. The number of amides is 3. The van der Waals surface area contributed by atoms with Gasteiger partial charge in [-0.25, -0.2) is 14.2 Å². The highest BCUT2D eigenvalue weighted by atomic mass is 127. The van der Waals surface area contributed by atoms with E-state index < -0.39 is 12.1 Å². The van der Waals surface area contributed by atoms with Crippen molar-refractivity contribution in [2.75, 3.05) is 19.8 Å². The van der Waals surface area contributed by atoms with Gasteiger partial charge in [0.25, 0.3) is 5.91 Å². The maximum Gasteiger partial charge on any atom is 0.325 e. The molecule has 0 bridgehead atoms. The summed E-state index contributed by atoms with van der Waals surface area (Å²) in [5.41, 5.74) is 2.56. The number of hydrogen-bond acceptors (Lipinski definition) is 5. The Bertz CT molecular complexity index is 1500. The van der Waals surface area contributed by atoms with Crippen molar-refractivity contribution in [3.8, 4) is 17.0 Å². The van der Waals surface area contributed by atoms with E-state index in [1.165, 1.54) is 11.0 Å². The molecular weight excluding hydrogens is 626 g/mol. The van der Waals surface area contributed by atoms with Crippen LogP contribution in [-0.4, -0.2) is 51.7 Å². The maximum absolute atomic E-state index is 14.7. The largest absolute Gasteiger partial charge is 0.491 e. The smallest absolute Gasteiger partial charge is 0.325 e. The second-order valence-electron chi connectivity index (χ2n) is 9.58. The summed E-state index contributed by atoms with van der Waals surface area (Å²) < 4.78 is 20.9. The number of halogens is 2. The van der Waals surface area contributed by atoms with E-state index in [0.29, 0.717) is 28.4 Å². The van der Waals surface area contributed by atoms with Crippen molar-refractivity contribution in [2.24, 2.45) is 0 Å². The third-order valence-corrected chi connectivity index (χ3v) is 7.75. The van der Waals surface area contributed by atoms with E-state index in [2.05, 4.69) is 37.9 Å². The number of ether oxygens (including phenoxy) is 1. The van der Waals surface area contributed by atoms with Crippen molar-refractivity contribution in [1.82, 2.24) is 20.2 Å². The topological polar surface area (TPSA) is 108 Å². The highest BCUT2D eigenvalue weighted by Crippen LogP contribution is 2.35. The van der Waals surface area contributed by atoms with Crippen LogP contribution >= 0.6 is 22.6 Å². The van der Waals surface area contributed by atoms with Gasteiger partial charge in [-0.15, -0.1) is 0 Å². The summed E-state index contributed by atoms with van der Waals surface area (Å²) in [4.78, 5) is 35.6. The van der Waals surface area contributed by atoms with Crippen LogP contribution in [0.4, 0.5) is 9.18 Å². The molecule has 3 amide bonds. The lowest BCUT2D eigenvalue weighted by molar-refractivity contribution is -0.127. The van der Waals surface area contributed by atoms with E-state index in [9.17, 15) is 14.0 Å². The zero-order chi connectivity index (χ0) is 28.2. The molecule has 1 aromatic heterocycles. The van der Waals surface area contributed by atoms with Gasteiger partial charge < -0.3 is 20.1 Å². The van der Waals surface area contributed by atoms with Crippen molar-refractivity contribution in [2.45, 2.75) is 24.8 Å². The van der Waals surface area contributed by atoms with Crippen LogP contribution in [-0.2, 0) is 4.79 Å². The van der Waals surface area contributed by atoms with Crippen molar-refractivity contribution in [1.29, 1.82) is 0 Å². The molecule has 3 atom stereocenters. The van der Waals surface area contributed by atoms with Gasteiger partial charge in [0.15, 0.2) is 0 Å². The molecule has 1 unspecified atom stereocenters. The number of carbonyl (C=O) groups is 2. The van der Waals surface area contributed by atoms with E-state index >= 15 is 0 Å². The average molecular weight is 654 g/mol. The van der Waals surface area contributed by atoms with Gasteiger partial charge in [-0.1, -0.05) is 49.4 Å². The zero-order valence-electron chi connectivity index (χ0n) is 21.7. The lowest BCUT2D eigenvalue weighted by Gasteiger charge is -2.26. The maximum atomic E-state index is 14.7. The molecule has 0 spiro atoms. The van der Waals surface area contributed by atoms with Crippen LogP contribution in [0.1, 0.15) is 41.8 Å². The molecule has 40 heavy (non-hydrogen) atoms.